The van der Waals surface area contributed by atoms with Crippen LogP contribution < -0.4 is 31.1 Å². The van der Waals surface area contributed by atoms with Crippen molar-refractivity contribution in [3.8, 4) is 5.75 Å². The second-order valence-electron chi connectivity index (χ2n) is 25.7. The number of carbonyl (C=O) groups is 5. The highest BCUT2D eigenvalue weighted by atomic mass is 127. The lowest BCUT2D eigenvalue weighted by molar-refractivity contribution is -0.258. The first kappa shape index (κ1) is 91.2. The molecule has 3 aliphatic rings. The van der Waals surface area contributed by atoms with Gasteiger partial charge in [0.2, 0.25) is 29.5 Å². The number of benzene rings is 1. The first-order chi connectivity index (χ1) is 48.6. The van der Waals surface area contributed by atoms with Gasteiger partial charge < -0.3 is 148 Å². The summed E-state index contributed by atoms with van der Waals surface area (Å²) in [6.07, 6.45) is -12.7. The van der Waals surface area contributed by atoms with E-state index >= 15 is 0 Å². The SMILES string of the molecule is CC(C)(CC(C)(C)c1ccc(OP(O)(=S)I)cc1)C(=O)NCCOCCOCCC(=O)NC(COCCC(=O)NCCOCCO[C@H]1C[C@@H](O)[C@@H](O)[C@@H](CO)O1)(COCCC(=O)NCCOCCO[C@H]1C[C@@H](O)[C@@H](O)[C@@H](CO)O1)COCCC(=O)NCCOCCO[C@H]1C[C@@H](O)[C@@H](O)[C@@H](CO)O1. The summed E-state index contributed by atoms with van der Waals surface area (Å²) in [5, 5.41) is 102. The maximum atomic E-state index is 13.9. The Bertz CT molecular complexity index is 2420. The van der Waals surface area contributed by atoms with Crippen LogP contribution in [0.15, 0.2) is 24.3 Å². The number of rotatable bonds is 55. The third kappa shape index (κ3) is 37.1. The van der Waals surface area contributed by atoms with Gasteiger partial charge in [-0.3, -0.25) is 24.0 Å². The van der Waals surface area contributed by atoms with Crippen LogP contribution in [0, 0.1) is 5.41 Å². The fourth-order valence-electron chi connectivity index (χ4n) is 10.8. The van der Waals surface area contributed by atoms with Crippen molar-refractivity contribution in [2.75, 3.05) is 172 Å². The Morgan fingerprint density at radius 3 is 1.16 bits per heavy atom. The molecule has 15 N–H and O–H groups in total. The van der Waals surface area contributed by atoms with Gasteiger partial charge in [-0.25, -0.2) is 0 Å². The molecule has 5 amide bonds. The van der Waals surface area contributed by atoms with E-state index in [1.165, 1.54) is 0 Å². The predicted molar refractivity (Wildman–Crippen MR) is 372 cm³/mol. The van der Waals surface area contributed by atoms with Crippen LogP contribution in [0.1, 0.15) is 84.6 Å². The summed E-state index contributed by atoms with van der Waals surface area (Å²) < 4.78 is 81.7. The quantitative estimate of drug-likeness (QED) is 0.0175. The van der Waals surface area contributed by atoms with Crippen molar-refractivity contribution in [1.29, 1.82) is 0 Å². The van der Waals surface area contributed by atoms with E-state index in [1.54, 1.807) is 34.2 Å². The lowest BCUT2D eigenvalue weighted by Gasteiger charge is -2.36. The minimum Gasteiger partial charge on any atom is -0.437 e. The van der Waals surface area contributed by atoms with Crippen molar-refractivity contribution >= 4 is 67.5 Å². The van der Waals surface area contributed by atoms with Gasteiger partial charge in [-0.15, -0.1) is 0 Å². The Kier molecular flexibility index (Phi) is 44.4. The van der Waals surface area contributed by atoms with Crippen LogP contribution in [0.5, 0.6) is 5.75 Å². The predicted octanol–water partition coefficient (Wildman–Crippen LogP) is -3.04. The fourth-order valence-corrected chi connectivity index (χ4v) is 12.2. The molecule has 0 aliphatic carbocycles. The van der Waals surface area contributed by atoms with Crippen molar-refractivity contribution in [1.82, 2.24) is 26.6 Å². The Morgan fingerprint density at radius 1 is 0.480 bits per heavy atom. The lowest BCUT2D eigenvalue weighted by atomic mass is 9.71. The van der Waals surface area contributed by atoms with Gasteiger partial charge in [0.1, 0.15) is 47.9 Å². The Hall–Kier alpha value is -3.21. The van der Waals surface area contributed by atoms with Crippen molar-refractivity contribution in [3.05, 3.63) is 29.8 Å². The van der Waals surface area contributed by atoms with Gasteiger partial charge in [-0.05, 0) is 41.3 Å². The van der Waals surface area contributed by atoms with E-state index in [-0.39, 0.29) is 203 Å². The summed E-state index contributed by atoms with van der Waals surface area (Å²) in [5.74, 6) is -1.41. The van der Waals surface area contributed by atoms with Gasteiger partial charge in [0.05, 0.1) is 164 Å². The summed E-state index contributed by atoms with van der Waals surface area (Å²) >= 11 is 6.71. The lowest BCUT2D eigenvalue weighted by Crippen LogP contribution is -2.59. The number of amides is 5. The molecule has 0 spiro atoms. The molecule has 3 heterocycles. The average Bonchev–Trinajstić information content (AvgIpc) is 0.826. The van der Waals surface area contributed by atoms with Crippen LogP contribution in [0.25, 0.3) is 0 Å². The van der Waals surface area contributed by atoms with Crippen molar-refractivity contribution in [2.24, 2.45) is 5.41 Å². The molecule has 3 fully saturated rings. The highest BCUT2D eigenvalue weighted by molar-refractivity contribution is 14.2. The third-order valence-corrected chi connectivity index (χ3v) is 17.4. The minimum atomic E-state index is -2.93. The zero-order valence-electron chi connectivity index (χ0n) is 58.6. The van der Waals surface area contributed by atoms with E-state index in [4.69, 9.17) is 82.6 Å². The summed E-state index contributed by atoms with van der Waals surface area (Å²) in [4.78, 5) is 76.0. The van der Waals surface area contributed by atoms with Crippen LogP contribution in [0.2, 0.25) is 0 Å². The Morgan fingerprint density at radius 2 is 0.804 bits per heavy atom. The number of nitrogens with one attached hydrogen (secondary N) is 5. The second-order valence-corrected chi connectivity index (χ2v) is 34.2. The molecule has 1 aromatic rings. The number of ether oxygens (including phenoxy) is 14. The molecule has 590 valence electrons. The molecule has 35 nitrogen and oxygen atoms in total. The number of hydrogen-bond acceptors (Lipinski definition) is 30. The van der Waals surface area contributed by atoms with Crippen LogP contribution in [-0.4, -0.2) is 331 Å². The maximum absolute atomic E-state index is 13.9. The van der Waals surface area contributed by atoms with Crippen molar-refractivity contribution < 1.29 is 146 Å². The normalized spacial score (nSPS) is 24.0. The fraction of sp³-hybridized carbons (Fsp3) is 0.828. The summed E-state index contributed by atoms with van der Waals surface area (Å²) in [7, 11) is 0. The number of hydrogen-bond donors (Lipinski definition) is 15. The minimum absolute atomic E-state index is 0.000170. The van der Waals surface area contributed by atoms with Crippen LogP contribution >= 0.6 is 26.2 Å². The molecule has 38 heteroatoms. The molecule has 0 aromatic heterocycles. The van der Waals surface area contributed by atoms with Crippen LogP contribution in [-0.2, 0) is 108 Å². The van der Waals surface area contributed by atoms with Gasteiger partial charge in [-0.2, -0.15) is 0 Å². The smallest absolute Gasteiger partial charge is 0.295 e. The van der Waals surface area contributed by atoms with E-state index in [0.29, 0.717) is 12.2 Å². The molecule has 3 saturated heterocycles. The topological polar surface area (TPSA) is 486 Å². The molecule has 4 rings (SSSR count). The molecule has 1 unspecified atom stereocenters. The molecular formula is C64H111IN5O30PS. The highest BCUT2D eigenvalue weighted by Crippen LogP contribution is 2.51. The molecule has 102 heavy (non-hydrogen) atoms. The summed E-state index contributed by atoms with van der Waals surface area (Å²) in [6, 6.07) is 7.26. The molecule has 0 radical (unpaired) electrons. The van der Waals surface area contributed by atoms with E-state index in [2.05, 4.69) is 26.6 Å². The van der Waals surface area contributed by atoms with E-state index in [1.807, 2.05) is 39.8 Å². The number of aliphatic hydroxyl groups is 9. The monoisotopic (exact) mass is 1620 g/mol. The molecule has 13 atom stereocenters. The largest absolute Gasteiger partial charge is 0.437 e. The second kappa shape index (κ2) is 49.7. The summed E-state index contributed by atoms with van der Waals surface area (Å²) in [6.45, 7) is 6.86. The van der Waals surface area contributed by atoms with Crippen molar-refractivity contribution in [3.63, 3.8) is 0 Å². The standard InChI is InChI=1S/C64H111IN5O30PS/c1-62(2,43-5-7-44(8-6-43)100-101(65,85)102)39-63(3,4)61(84)69-16-24-87-26-25-86-17-12-54(80)70-64(40-91-18-9-51(77)66-13-21-88-27-30-94-55-33-45(74)58(81)48(36-71)97-55,41-92-19-10-52(78)67-14-22-89-28-31-95-56-34-46(75)59(82)49(37-72)98-56)42-93-20-11-53(79)68-15-23-90-29-32-96-57-35-47(76)60(83)50(38-73)99-57/h5-8,45-50,55-60,71-76,81-83H,9-42H2,1-4H3,(H,66,77)(H,67,78)(H,68,79)(H,69,84)(H,70,80)(H,85,102)/t45-,46-,47-,48-,49-,50-,55-,56-,57-,58-,59-,60-,101?/m1/s1. The van der Waals surface area contributed by atoms with Gasteiger partial charge >= 0.3 is 0 Å². The number of carbonyl (C=O) groups excluding carboxylic acids is 5. The van der Waals surface area contributed by atoms with Crippen LogP contribution in [0.3, 0.4) is 0 Å². The van der Waals surface area contributed by atoms with Gasteiger partial charge in [0.15, 0.2) is 18.9 Å². The summed E-state index contributed by atoms with van der Waals surface area (Å²) in [5.41, 5.74) is -1.66. The Labute approximate surface area is 613 Å². The average molecular weight is 1620 g/mol. The van der Waals surface area contributed by atoms with Gasteiger partial charge in [-0.1, -0.05) is 39.8 Å². The van der Waals surface area contributed by atoms with E-state index in [9.17, 15) is 74.8 Å². The molecule has 0 bridgehead atoms. The van der Waals surface area contributed by atoms with E-state index in [0.717, 1.165) is 5.56 Å². The zero-order valence-corrected chi connectivity index (χ0v) is 62.5. The van der Waals surface area contributed by atoms with Crippen molar-refractivity contribution in [2.45, 2.75) is 164 Å². The Balaban J connectivity index is 1.29. The van der Waals surface area contributed by atoms with Gasteiger partial charge in [0, 0.05) is 98.6 Å². The molecule has 3 aliphatic heterocycles. The third-order valence-electron chi connectivity index (χ3n) is 16.1. The molecule has 1 aromatic carbocycles. The van der Waals surface area contributed by atoms with E-state index < -0.39 is 138 Å². The highest BCUT2D eigenvalue weighted by Gasteiger charge is 2.41. The molecule has 0 saturated carbocycles. The number of halogens is 1. The van der Waals surface area contributed by atoms with Gasteiger partial charge in [0.25, 0.3) is 4.13 Å². The number of aliphatic hydroxyl groups excluding tert-OH is 9. The van der Waals surface area contributed by atoms with Crippen LogP contribution in [0.4, 0.5) is 0 Å². The maximum Gasteiger partial charge on any atom is 0.295 e. The first-order valence-electron chi connectivity index (χ1n) is 34.2. The first-order valence-corrected chi connectivity index (χ1v) is 39.6. The molecular weight excluding hydrogens is 1510 g/mol. The zero-order chi connectivity index (χ0) is 75.0.